The van der Waals surface area contributed by atoms with E-state index in [2.05, 4.69) is 71.3 Å². The van der Waals surface area contributed by atoms with Gasteiger partial charge in [-0.15, -0.1) is 0 Å². The molecule has 1 aromatic carbocycles. The van der Waals surface area contributed by atoms with Crippen LogP contribution >= 0.6 is 0 Å². The van der Waals surface area contributed by atoms with E-state index in [0.717, 1.165) is 75.3 Å². The average molecular weight is 527 g/mol. The fraction of sp³-hybridized carbons (Fsp3) is 0.429. The number of hydrogen-bond acceptors (Lipinski definition) is 10. The molecule has 6 rings (SSSR count). The van der Waals surface area contributed by atoms with Gasteiger partial charge in [0.05, 0.1) is 25.5 Å². The highest BCUT2D eigenvalue weighted by Gasteiger charge is 2.22. The largest absolute Gasteiger partial charge is 0.374 e. The second kappa shape index (κ2) is 11.8. The zero-order chi connectivity index (χ0) is 26.4. The van der Waals surface area contributed by atoms with Crippen LogP contribution in [0.15, 0.2) is 61.4 Å². The van der Waals surface area contributed by atoms with Crippen molar-refractivity contribution in [3.63, 3.8) is 0 Å². The standard InChI is InChI=1S/C28H34N10O/c1-21(23-5-3-2-4-6-23)24-15-30-27(31-16-24)36-8-10-37(11-9-36)28-33-20-32-26(35-28)13-22-14-34-38(18-22)19-25-17-29-7-12-39-25/h2-6,14-16,18,20-21,25,29H,7-13,17,19H2,1H3/t21?,25-/m0/s1. The van der Waals surface area contributed by atoms with E-state index in [0.29, 0.717) is 12.4 Å². The normalized spacial score (nSPS) is 18.7. The van der Waals surface area contributed by atoms with E-state index in [1.807, 2.05) is 35.5 Å². The molecule has 0 radical (unpaired) electrons. The summed E-state index contributed by atoms with van der Waals surface area (Å²) >= 11 is 0. The SMILES string of the molecule is CC(c1ccccc1)c1cnc(N2CCN(c3ncnc(Cc4cnn(C[C@@H]5CNCCO5)c4)n3)CC2)nc1. The molecule has 4 aromatic rings. The average Bonchev–Trinajstić information content (AvgIpc) is 3.44. The topological polar surface area (TPSA) is 110 Å². The zero-order valence-electron chi connectivity index (χ0n) is 22.2. The Hall–Kier alpha value is -3.96. The molecule has 0 saturated carbocycles. The van der Waals surface area contributed by atoms with E-state index >= 15 is 0 Å². The molecule has 11 heteroatoms. The second-order valence-corrected chi connectivity index (χ2v) is 10.1. The van der Waals surface area contributed by atoms with Gasteiger partial charge in [0.2, 0.25) is 11.9 Å². The first-order valence-electron chi connectivity index (χ1n) is 13.6. The molecule has 2 saturated heterocycles. The molecule has 2 atom stereocenters. The lowest BCUT2D eigenvalue weighted by Gasteiger charge is -2.34. The summed E-state index contributed by atoms with van der Waals surface area (Å²) in [4.78, 5) is 27.4. The lowest BCUT2D eigenvalue weighted by molar-refractivity contribution is 0.0161. The van der Waals surface area contributed by atoms with E-state index in [1.165, 1.54) is 5.56 Å². The monoisotopic (exact) mass is 526 g/mol. The molecule has 2 aliphatic rings. The first-order valence-corrected chi connectivity index (χ1v) is 13.6. The van der Waals surface area contributed by atoms with E-state index in [9.17, 15) is 0 Å². The molecule has 2 fully saturated rings. The molecule has 1 N–H and O–H groups in total. The molecular formula is C28H34N10O. The van der Waals surface area contributed by atoms with Gasteiger partial charge in [0.25, 0.3) is 0 Å². The lowest BCUT2D eigenvalue weighted by Crippen LogP contribution is -2.47. The predicted octanol–water partition coefficient (Wildman–Crippen LogP) is 1.92. The molecule has 39 heavy (non-hydrogen) atoms. The Morgan fingerprint density at radius 1 is 0.923 bits per heavy atom. The highest BCUT2D eigenvalue weighted by Crippen LogP contribution is 2.24. The van der Waals surface area contributed by atoms with Crippen LogP contribution in [0.2, 0.25) is 0 Å². The number of morpholine rings is 1. The highest BCUT2D eigenvalue weighted by molar-refractivity contribution is 5.38. The van der Waals surface area contributed by atoms with Gasteiger partial charge < -0.3 is 19.9 Å². The van der Waals surface area contributed by atoms with Crippen LogP contribution < -0.4 is 15.1 Å². The van der Waals surface area contributed by atoms with Crippen molar-refractivity contribution in [3.8, 4) is 0 Å². The molecule has 11 nitrogen and oxygen atoms in total. The van der Waals surface area contributed by atoms with Crippen molar-refractivity contribution in [3.05, 3.63) is 84.0 Å². The first kappa shape index (κ1) is 25.3. The number of hydrogen-bond donors (Lipinski definition) is 1. The van der Waals surface area contributed by atoms with Gasteiger partial charge in [0.15, 0.2) is 0 Å². The highest BCUT2D eigenvalue weighted by atomic mass is 16.5. The van der Waals surface area contributed by atoms with Gasteiger partial charge in [-0.3, -0.25) is 4.68 Å². The van der Waals surface area contributed by atoms with E-state index in [-0.39, 0.29) is 12.0 Å². The summed E-state index contributed by atoms with van der Waals surface area (Å²) in [6.45, 7) is 8.62. The van der Waals surface area contributed by atoms with Crippen LogP contribution in [0, 0.1) is 0 Å². The van der Waals surface area contributed by atoms with Gasteiger partial charge in [-0.1, -0.05) is 37.3 Å². The number of nitrogens with one attached hydrogen (secondary N) is 1. The van der Waals surface area contributed by atoms with Crippen molar-refractivity contribution in [2.75, 3.05) is 55.7 Å². The predicted molar refractivity (Wildman–Crippen MR) is 148 cm³/mol. The number of benzene rings is 1. The Balaban J connectivity index is 1.03. The second-order valence-electron chi connectivity index (χ2n) is 10.1. The molecular weight excluding hydrogens is 492 g/mol. The lowest BCUT2D eigenvalue weighted by atomic mass is 9.96. The van der Waals surface area contributed by atoms with Gasteiger partial charge in [-0.2, -0.15) is 10.1 Å². The Morgan fingerprint density at radius 2 is 1.69 bits per heavy atom. The third kappa shape index (κ3) is 6.21. The van der Waals surface area contributed by atoms with E-state index in [4.69, 9.17) is 9.72 Å². The van der Waals surface area contributed by atoms with Crippen LogP contribution in [0.25, 0.3) is 0 Å². The molecule has 0 amide bonds. The Morgan fingerprint density at radius 3 is 2.44 bits per heavy atom. The quantitative estimate of drug-likeness (QED) is 0.366. The molecule has 5 heterocycles. The number of ether oxygens (including phenoxy) is 1. The minimum absolute atomic E-state index is 0.148. The van der Waals surface area contributed by atoms with Gasteiger partial charge >= 0.3 is 0 Å². The summed E-state index contributed by atoms with van der Waals surface area (Å²) < 4.78 is 7.72. The minimum Gasteiger partial charge on any atom is -0.374 e. The van der Waals surface area contributed by atoms with Crippen LogP contribution in [-0.4, -0.2) is 86.7 Å². The van der Waals surface area contributed by atoms with Crippen LogP contribution in [0.3, 0.4) is 0 Å². The number of piperazine rings is 1. The summed E-state index contributed by atoms with van der Waals surface area (Å²) in [5, 5.41) is 7.85. The van der Waals surface area contributed by atoms with Crippen molar-refractivity contribution in [2.24, 2.45) is 0 Å². The zero-order valence-corrected chi connectivity index (χ0v) is 22.2. The third-order valence-electron chi connectivity index (χ3n) is 7.36. The smallest absolute Gasteiger partial charge is 0.228 e. The Kier molecular flexibility index (Phi) is 7.68. The molecule has 0 aliphatic carbocycles. The fourth-order valence-corrected chi connectivity index (χ4v) is 5.04. The Labute approximate surface area is 228 Å². The van der Waals surface area contributed by atoms with E-state index < -0.39 is 0 Å². The summed E-state index contributed by atoms with van der Waals surface area (Å²) in [7, 11) is 0. The van der Waals surface area contributed by atoms with Crippen LogP contribution in [0.5, 0.6) is 0 Å². The van der Waals surface area contributed by atoms with E-state index in [1.54, 1.807) is 6.33 Å². The summed E-state index contributed by atoms with van der Waals surface area (Å²) in [5.74, 6) is 2.47. The summed E-state index contributed by atoms with van der Waals surface area (Å²) in [6, 6.07) is 10.5. The molecule has 1 unspecified atom stereocenters. The molecule has 0 spiro atoms. The molecule has 0 bridgehead atoms. The maximum Gasteiger partial charge on any atom is 0.228 e. The van der Waals surface area contributed by atoms with Crippen molar-refractivity contribution >= 4 is 11.9 Å². The molecule has 202 valence electrons. The van der Waals surface area contributed by atoms with Gasteiger partial charge in [0.1, 0.15) is 12.2 Å². The van der Waals surface area contributed by atoms with Crippen molar-refractivity contribution in [1.29, 1.82) is 0 Å². The minimum atomic E-state index is 0.148. The third-order valence-corrected chi connectivity index (χ3v) is 7.36. The van der Waals surface area contributed by atoms with Crippen LogP contribution in [-0.2, 0) is 17.7 Å². The number of aromatic nitrogens is 7. The molecule has 3 aromatic heterocycles. The van der Waals surface area contributed by atoms with Crippen LogP contribution in [0.1, 0.15) is 35.4 Å². The summed E-state index contributed by atoms with van der Waals surface area (Å²) in [6.07, 6.45) is 10.2. The van der Waals surface area contributed by atoms with Crippen LogP contribution in [0.4, 0.5) is 11.9 Å². The van der Waals surface area contributed by atoms with Crippen molar-refractivity contribution < 1.29 is 4.74 Å². The van der Waals surface area contributed by atoms with Gasteiger partial charge in [-0.25, -0.2) is 19.9 Å². The first-order chi connectivity index (χ1) is 19.2. The number of rotatable bonds is 8. The van der Waals surface area contributed by atoms with Crippen molar-refractivity contribution in [2.45, 2.75) is 31.9 Å². The maximum absolute atomic E-state index is 5.79. The molecule has 2 aliphatic heterocycles. The van der Waals surface area contributed by atoms with Gasteiger partial charge in [0, 0.05) is 70.2 Å². The summed E-state index contributed by atoms with van der Waals surface area (Å²) in [5.41, 5.74) is 3.45. The number of nitrogens with zero attached hydrogens (tertiary/aromatic N) is 9. The van der Waals surface area contributed by atoms with Crippen molar-refractivity contribution in [1.82, 2.24) is 40.0 Å². The Bertz CT molecular complexity index is 1330. The van der Waals surface area contributed by atoms with Gasteiger partial charge in [-0.05, 0) is 16.7 Å². The fourth-order valence-electron chi connectivity index (χ4n) is 5.04. The number of anilines is 2. The maximum atomic E-state index is 5.79.